The highest BCUT2D eigenvalue weighted by Gasteiger charge is 2.36. The predicted octanol–water partition coefficient (Wildman–Crippen LogP) is 7.04. The van der Waals surface area contributed by atoms with Gasteiger partial charge in [-0.25, -0.2) is 0 Å². The number of likely N-dealkylation sites (tertiary alicyclic amines) is 1. The summed E-state index contributed by atoms with van der Waals surface area (Å²) in [5, 5.41) is 11.6. The third-order valence-electron chi connectivity index (χ3n) is 6.51. The molecule has 1 N–H and O–H groups in total. The van der Waals surface area contributed by atoms with Crippen LogP contribution in [0.4, 0.5) is 0 Å². The molecule has 35 heavy (non-hydrogen) atoms. The molecule has 1 aliphatic rings. The van der Waals surface area contributed by atoms with Crippen molar-refractivity contribution >= 4 is 29.1 Å². The summed E-state index contributed by atoms with van der Waals surface area (Å²) in [6, 6.07) is 18.3. The van der Waals surface area contributed by atoms with Gasteiger partial charge in [0, 0.05) is 18.7 Å². The maximum atomic E-state index is 13.4. The average Bonchev–Trinajstić information content (AvgIpc) is 2.87. The Morgan fingerprint density at radius 2 is 1.71 bits per heavy atom. The van der Waals surface area contributed by atoms with Gasteiger partial charge < -0.3 is 19.5 Å². The van der Waals surface area contributed by atoms with Crippen LogP contribution in [0.3, 0.4) is 0 Å². The van der Waals surface area contributed by atoms with Crippen molar-refractivity contribution in [1.29, 1.82) is 0 Å². The van der Waals surface area contributed by atoms with Crippen LogP contribution < -0.4 is 9.47 Å². The Morgan fingerprint density at radius 3 is 2.34 bits per heavy atom. The lowest BCUT2D eigenvalue weighted by molar-refractivity contribution is -0.0211. The Morgan fingerprint density at radius 1 is 1.03 bits per heavy atom. The summed E-state index contributed by atoms with van der Waals surface area (Å²) < 4.78 is 11.5. The molecule has 184 valence electrons. The van der Waals surface area contributed by atoms with Crippen LogP contribution in [0.25, 0.3) is 0 Å². The first-order valence-electron chi connectivity index (χ1n) is 11.6. The van der Waals surface area contributed by atoms with Crippen LogP contribution in [-0.2, 0) is 5.60 Å². The van der Waals surface area contributed by atoms with E-state index in [-0.39, 0.29) is 22.6 Å². The van der Waals surface area contributed by atoms with Crippen LogP contribution in [0, 0.1) is 0 Å². The summed E-state index contributed by atoms with van der Waals surface area (Å²) in [5.74, 6) is 1.56. The molecular formula is C28H29Cl2NO4. The molecule has 0 spiro atoms. The fourth-order valence-electron chi connectivity index (χ4n) is 4.42. The number of benzene rings is 3. The monoisotopic (exact) mass is 513 g/mol. The maximum Gasteiger partial charge on any atom is 0.255 e. The smallest absolute Gasteiger partial charge is 0.255 e. The quantitative estimate of drug-likeness (QED) is 0.383. The van der Waals surface area contributed by atoms with Crippen molar-refractivity contribution in [3.63, 3.8) is 0 Å². The number of methoxy groups -OCH3 is 1. The Kier molecular flexibility index (Phi) is 7.60. The molecule has 1 heterocycles. The first kappa shape index (κ1) is 25.4. The number of hydrogen-bond donors (Lipinski definition) is 1. The van der Waals surface area contributed by atoms with E-state index in [0.717, 1.165) is 16.9 Å². The summed E-state index contributed by atoms with van der Waals surface area (Å²) in [5.41, 5.74) is 1.23. The number of amides is 1. The van der Waals surface area contributed by atoms with Crippen molar-refractivity contribution in [2.75, 3.05) is 20.2 Å². The van der Waals surface area contributed by atoms with E-state index in [2.05, 4.69) is 13.8 Å². The van der Waals surface area contributed by atoms with Crippen LogP contribution in [0.5, 0.6) is 17.2 Å². The van der Waals surface area contributed by atoms with E-state index in [0.29, 0.717) is 42.3 Å². The molecule has 0 unspecified atom stereocenters. The highest BCUT2D eigenvalue weighted by Crippen LogP contribution is 2.41. The van der Waals surface area contributed by atoms with Gasteiger partial charge in [0.15, 0.2) is 5.75 Å². The Hall–Kier alpha value is -2.73. The van der Waals surface area contributed by atoms with Gasteiger partial charge in [0.05, 0.1) is 28.3 Å². The molecule has 7 heteroatoms. The highest BCUT2D eigenvalue weighted by atomic mass is 35.5. The van der Waals surface area contributed by atoms with Gasteiger partial charge in [-0.3, -0.25) is 4.79 Å². The van der Waals surface area contributed by atoms with Crippen LogP contribution in [0.1, 0.15) is 54.1 Å². The molecule has 1 aliphatic heterocycles. The minimum atomic E-state index is -0.946. The lowest BCUT2D eigenvalue weighted by atomic mass is 9.84. The number of nitrogens with zero attached hydrogens (tertiary/aromatic N) is 1. The van der Waals surface area contributed by atoms with Gasteiger partial charge in [-0.05, 0) is 54.7 Å². The topological polar surface area (TPSA) is 59.0 Å². The van der Waals surface area contributed by atoms with E-state index in [1.165, 1.54) is 0 Å². The molecular weight excluding hydrogens is 485 g/mol. The van der Waals surface area contributed by atoms with Gasteiger partial charge in [-0.15, -0.1) is 0 Å². The summed E-state index contributed by atoms with van der Waals surface area (Å²) in [7, 11) is 1.63. The van der Waals surface area contributed by atoms with Crippen molar-refractivity contribution < 1.29 is 19.4 Å². The maximum absolute atomic E-state index is 13.4. The van der Waals surface area contributed by atoms with Crippen LogP contribution in [0.2, 0.25) is 10.0 Å². The molecule has 0 bridgehead atoms. The number of carbonyl (C=O) groups excluding carboxylic acids is 1. The van der Waals surface area contributed by atoms with E-state index >= 15 is 0 Å². The minimum Gasteiger partial charge on any atom is -0.496 e. The summed E-state index contributed by atoms with van der Waals surface area (Å²) in [6.07, 6.45) is 0.891. The zero-order valence-electron chi connectivity index (χ0n) is 20.1. The molecule has 4 rings (SSSR count). The standard InChI is InChI=1S/C28H29Cl2NO4/c1-18(2)22-17-20(9-12-24(22)34-3)35-26-23(29)11-10-21(25(26)30)27(32)31-15-13-28(33,14-16-31)19-7-5-4-6-8-19/h4-12,17-18,33H,13-16H2,1-3H3. The summed E-state index contributed by atoms with van der Waals surface area (Å²) >= 11 is 13.1. The molecule has 1 fully saturated rings. The second-order valence-electron chi connectivity index (χ2n) is 9.09. The van der Waals surface area contributed by atoms with Gasteiger partial charge in [0.25, 0.3) is 5.91 Å². The van der Waals surface area contributed by atoms with Gasteiger partial charge in [-0.1, -0.05) is 67.4 Å². The summed E-state index contributed by atoms with van der Waals surface area (Å²) in [6.45, 7) is 4.96. The first-order chi connectivity index (χ1) is 16.7. The van der Waals surface area contributed by atoms with Crippen molar-refractivity contribution in [3.8, 4) is 17.2 Å². The molecule has 3 aromatic rings. The number of ether oxygens (including phenoxy) is 2. The molecule has 0 aromatic heterocycles. The van der Waals surface area contributed by atoms with Crippen LogP contribution in [-0.4, -0.2) is 36.1 Å². The summed E-state index contributed by atoms with van der Waals surface area (Å²) in [4.78, 5) is 15.1. The molecule has 3 aromatic carbocycles. The van der Waals surface area contributed by atoms with E-state index < -0.39 is 5.60 Å². The molecule has 0 saturated carbocycles. The fraction of sp³-hybridized carbons (Fsp3) is 0.321. The van der Waals surface area contributed by atoms with E-state index in [4.69, 9.17) is 32.7 Å². The first-order valence-corrected chi connectivity index (χ1v) is 12.4. The van der Waals surface area contributed by atoms with Crippen molar-refractivity contribution in [2.24, 2.45) is 0 Å². The second kappa shape index (κ2) is 10.5. The number of carbonyl (C=O) groups is 1. The molecule has 0 radical (unpaired) electrons. The Balaban J connectivity index is 1.54. The molecule has 0 aliphatic carbocycles. The number of aliphatic hydroxyl groups is 1. The van der Waals surface area contributed by atoms with E-state index in [1.54, 1.807) is 30.2 Å². The number of rotatable bonds is 6. The number of halogens is 2. The fourth-order valence-corrected chi connectivity index (χ4v) is 4.95. The normalized spacial score (nSPS) is 15.2. The van der Waals surface area contributed by atoms with Gasteiger partial charge in [-0.2, -0.15) is 0 Å². The van der Waals surface area contributed by atoms with E-state index in [1.807, 2.05) is 42.5 Å². The van der Waals surface area contributed by atoms with E-state index in [9.17, 15) is 9.90 Å². The second-order valence-corrected chi connectivity index (χ2v) is 9.87. The lowest BCUT2D eigenvalue weighted by Crippen LogP contribution is -2.45. The molecule has 0 atom stereocenters. The average molecular weight is 514 g/mol. The number of piperidine rings is 1. The predicted molar refractivity (Wildman–Crippen MR) is 139 cm³/mol. The zero-order valence-corrected chi connectivity index (χ0v) is 21.6. The highest BCUT2D eigenvalue weighted by molar-refractivity contribution is 6.39. The Bertz CT molecular complexity index is 1210. The van der Waals surface area contributed by atoms with Crippen LogP contribution in [0.15, 0.2) is 60.7 Å². The van der Waals surface area contributed by atoms with Crippen molar-refractivity contribution in [2.45, 2.75) is 38.2 Å². The third-order valence-corrected chi connectivity index (χ3v) is 7.18. The van der Waals surface area contributed by atoms with Crippen molar-refractivity contribution in [3.05, 3.63) is 87.4 Å². The molecule has 1 saturated heterocycles. The molecule has 5 nitrogen and oxygen atoms in total. The van der Waals surface area contributed by atoms with Gasteiger partial charge in [0.1, 0.15) is 11.5 Å². The van der Waals surface area contributed by atoms with Crippen molar-refractivity contribution in [1.82, 2.24) is 4.90 Å². The molecule has 1 amide bonds. The number of hydrogen-bond acceptors (Lipinski definition) is 4. The van der Waals surface area contributed by atoms with Gasteiger partial charge in [0.2, 0.25) is 0 Å². The Labute approximate surface area is 216 Å². The SMILES string of the molecule is COc1ccc(Oc2c(Cl)ccc(C(=O)N3CCC(O)(c4ccccc4)CC3)c2Cl)cc1C(C)C. The van der Waals surface area contributed by atoms with Crippen LogP contribution >= 0.6 is 23.2 Å². The minimum absolute atomic E-state index is 0.160. The third kappa shape index (κ3) is 5.27. The largest absolute Gasteiger partial charge is 0.496 e. The zero-order chi connectivity index (χ0) is 25.2. The van der Waals surface area contributed by atoms with Gasteiger partial charge >= 0.3 is 0 Å². The lowest BCUT2D eigenvalue weighted by Gasteiger charge is -2.38.